The van der Waals surface area contributed by atoms with Crippen molar-refractivity contribution >= 4 is 12.1 Å². The molecule has 0 heterocycles. The Morgan fingerprint density at radius 1 is 0.821 bits per heavy atom. The molecule has 0 radical (unpaired) electrons. The van der Waals surface area contributed by atoms with Crippen LogP contribution in [0.2, 0.25) is 0 Å². The van der Waals surface area contributed by atoms with Gasteiger partial charge in [0.25, 0.3) is 0 Å². The van der Waals surface area contributed by atoms with E-state index < -0.39 is 18.1 Å². The van der Waals surface area contributed by atoms with Crippen molar-refractivity contribution in [2.45, 2.75) is 18.4 Å². The molecule has 0 bridgehead atoms. The molecule has 1 unspecified atom stereocenters. The van der Waals surface area contributed by atoms with Gasteiger partial charge in [0.1, 0.15) is 24.1 Å². The summed E-state index contributed by atoms with van der Waals surface area (Å²) in [6, 6.07) is 28.0. The summed E-state index contributed by atoms with van der Waals surface area (Å²) >= 11 is 0. The standard InChI is InChI=1S/C32H29NO6/c1-37-22-15-16-23(30(18-22)38-2)21-13-11-20(12-14-21)17-29(31(34)35)33-32(36)39-19-28-26-9-5-3-7-24(26)25-8-4-6-10-27(25)28/h3-16,18,28-29H,17,19H2,1-2H3,(H,33,36)(H,34,35). The molecule has 4 aromatic carbocycles. The lowest BCUT2D eigenvalue weighted by Crippen LogP contribution is -2.42. The van der Waals surface area contributed by atoms with Crippen LogP contribution in [0.15, 0.2) is 91.0 Å². The van der Waals surface area contributed by atoms with Gasteiger partial charge in [0, 0.05) is 24.0 Å². The van der Waals surface area contributed by atoms with Crippen LogP contribution in [0.3, 0.4) is 0 Å². The highest BCUT2D eigenvalue weighted by molar-refractivity contribution is 5.81. The number of fused-ring (bicyclic) bond motifs is 3. The average molecular weight is 524 g/mol. The van der Waals surface area contributed by atoms with E-state index in [9.17, 15) is 14.7 Å². The average Bonchev–Trinajstić information content (AvgIpc) is 3.29. The van der Waals surface area contributed by atoms with Gasteiger partial charge in [-0.1, -0.05) is 72.8 Å². The number of nitrogens with one attached hydrogen (secondary N) is 1. The summed E-state index contributed by atoms with van der Waals surface area (Å²) in [5.74, 6) is 0.122. The predicted octanol–water partition coefficient (Wildman–Crippen LogP) is 5.91. The molecule has 0 spiro atoms. The first-order valence-corrected chi connectivity index (χ1v) is 12.6. The third kappa shape index (κ3) is 5.43. The van der Waals surface area contributed by atoms with Gasteiger partial charge in [-0.25, -0.2) is 9.59 Å². The van der Waals surface area contributed by atoms with Crippen LogP contribution < -0.4 is 14.8 Å². The zero-order valence-corrected chi connectivity index (χ0v) is 21.7. The molecule has 1 atom stereocenters. The molecule has 7 nitrogen and oxygen atoms in total. The van der Waals surface area contributed by atoms with E-state index in [4.69, 9.17) is 14.2 Å². The molecular formula is C32H29NO6. The maximum Gasteiger partial charge on any atom is 0.407 e. The Kier molecular flexibility index (Phi) is 7.50. The van der Waals surface area contributed by atoms with Crippen LogP contribution >= 0.6 is 0 Å². The number of ether oxygens (including phenoxy) is 3. The molecule has 0 aliphatic heterocycles. The van der Waals surface area contributed by atoms with Gasteiger partial charge in [0.2, 0.25) is 0 Å². The number of hydrogen-bond acceptors (Lipinski definition) is 5. The molecule has 0 saturated heterocycles. The van der Waals surface area contributed by atoms with Crippen LogP contribution in [0, 0.1) is 0 Å². The van der Waals surface area contributed by atoms with Crippen LogP contribution in [0.4, 0.5) is 4.79 Å². The van der Waals surface area contributed by atoms with Crippen molar-refractivity contribution in [3.63, 3.8) is 0 Å². The number of aliphatic carboxylic acids is 1. The molecule has 1 aliphatic rings. The largest absolute Gasteiger partial charge is 0.497 e. The van der Waals surface area contributed by atoms with Gasteiger partial charge in [-0.05, 0) is 45.5 Å². The summed E-state index contributed by atoms with van der Waals surface area (Å²) in [7, 11) is 3.19. The quantitative estimate of drug-likeness (QED) is 0.284. The lowest BCUT2D eigenvalue weighted by Gasteiger charge is -2.18. The van der Waals surface area contributed by atoms with E-state index in [1.54, 1.807) is 14.2 Å². The third-order valence-electron chi connectivity index (χ3n) is 7.05. The molecule has 0 saturated carbocycles. The minimum atomic E-state index is -1.14. The highest BCUT2D eigenvalue weighted by Crippen LogP contribution is 2.44. The number of amides is 1. The summed E-state index contributed by atoms with van der Waals surface area (Å²) < 4.78 is 16.3. The van der Waals surface area contributed by atoms with Crippen LogP contribution in [0.5, 0.6) is 11.5 Å². The maximum absolute atomic E-state index is 12.7. The van der Waals surface area contributed by atoms with Gasteiger partial charge < -0.3 is 24.6 Å². The van der Waals surface area contributed by atoms with E-state index in [-0.39, 0.29) is 18.9 Å². The molecule has 5 rings (SSSR count). The fourth-order valence-electron chi connectivity index (χ4n) is 5.08. The normalized spacial score (nSPS) is 12.7. The van der Waals surface area contributed by atoms with Gasteiger partial charge in [-0.3, -0.25) is 0 Å². The molecular weight excluding hydrogens is 494 g/mol. The number of carbonyl (C=O) groups is 2. The lowest BCUT2D eigenvalue weighted by atomic mass is 9.98. The Hall–Kier alpha value is -4.78. The molecule has 1 amide bonds. The highest BCUT2D eigenvalue weighted by atomic mass is 16.5. The number of methoxy groups -OCH3 is 2. The minimum absolute atomic E-state index is 0.103. The second kappa shape index (κ2) is 11.3. The first-order valence-electron chi connectivity index (χ1n) is 12.6. The number of benzene rings is 4. The lowest BCUT2D eigenvalue weighted by molar-refractivity contribution is -0.139. The van der Waals surface area contributed by atoms with E-state index in [0.29, 0.717) is 11.5 Å². The number of alkyl carbamates (subject to hydrolysis) is 1. The second-order valence-electron chi connectivity index (χ2n) is 9.33. The number of carboxylic acids is 1. The monoisotopic (exact) mass is 523 g/mol. The van der Waals surface area contributed by atoms with Crippen molar-refractivity contribution in [3.05, 3.63) is 108 Å². The number of carbonyl (C=O) groups excluding carboxylic acids is 1. The number of rotatable bonds is 9. The summed E-state index contributed by atoms with van der Waals surface area (Å²) in [5, 5.41) is 12.3. The summed E-state index contributed by atoms with van der Waals surface area (Å²) in [6.45, 7) is 0.116. The minimum Gasteiger partial charge on any atom is -0.497 e. The first kappa shape index (κ1) is 25.9. The van der Waals surface area contributed by atoms with Gasteiger partial charge in [-0.2, -0.15) is 0 Å². The van der Waals surface area contributed by atoms with E-state index >= 15 is 0 Å². The van der Waals surface area contributed by atoms with Crippen molar-refractivity contribution in [3.8, 4) is 33.8 Å². The van der Waals surface area contributed by atoms with Crippen molar-refractivity contribution < 1.29 is 28.9 Å². The van der Waals surface area contributed by atoms with Crippen LogP contribution in [0.1, 0.15) is 22.6 Å². The van der Waals surface area contributed by atoms with E-state index in [0.717, 1.165) is 38.9 Å². The summed E-state index contributed by atoms with van der Waals surface area (Å²) in [5.41, 5.74) is 7.00. The molecule has 39 heavy (non-hydrogen) atoms. The SMILES string of the molecule is COc1ccc(-c2ccc(CC(NC(=O)OCC3c4ccccc4-c4ccccc43)C(=O)O)cc2)c(OC)c1. The van der Waals surface area contributed by atoms with Crippen molar-refractivity contribution in [2.75, 3.05) is 20.8 Å². The van der Waals surface area contributed by atoms with Crippen LogP contribution in [-0.4, -0.2) is 44.0 Å². The smallest absolute Gasteiger partial charge is 0.407 e. The third-order valence-corrected chi connectivity index (χ3v) is 7.05. The van der Waals surface area contributed by atoms with Crippen molar-refractivity contribution in [1.82, 2.24) is 5.32 Å². The molecule has 1 aliphatic carbocycles. The first-order chi connectivity index (χ1) is 19.0. The zero-order chi connectivity index (χ0) is 27.4. The fraction of sp³-hybridized carbons (Fsp3) is 0.188. The highest BCUT2D eigenvalue weighted by Gasteiger charge is 2.29. The van der Waals surface area contributed by atoms with E-state index in [1.165, 1.54) is 0 Å². The van der Waals surface area contributed by atoms with E-state index in [1.807, 2.05) is 78.9 Å². The Bertz CT molecular complexity index is 1450. The van der Waals surface area contributed by atoms with Gasteiger partial charge in [-0.15, -0.1) is 0 Å². The number of carboxylic acid groups (broad SMARTS) is 1. The maximum atomic E-state index is 12.7. The topological polar surface area (TPSA) is 94.1 Å². The van der Waals surface area contributed by atoms with Gasteiger partial charge >= 0.3 is 12.1 Å². The Morgan fingerprint density at radius 2 is 1.46 bits per heavy atom. The van der Waals surface area contributed by atoms with Crippen LogP contribution in [-0.2, 0) is 16.0 Å². The molecule has 7 heteroatoms. The van der Waals surface area contributed by atoms with Gasteiger partial charge in [0.15, 0.2) is 0 Å². The Balaban J connectivity index is 1.23. The Labute approximate surface area is 227 Å². The summed E-state index contributed by atoms with van der Waals surface area (Å²) in [6.07, 6.45) is -0.650. The molecule has 4 aromatic rings. The molecule has 0 fully saturated rings. The van der Waals surface area contributed by atoms with Crippen LogP contribution in [0.25, 0.3) is 22.3 Å². The molecule has 0 aromatic heterocycles. The van der Waals surface area contributed by atoms with Crippen molar-refractivity contribution in [1.29, 1.82) is 0 Å². The molecule has 2 N–H and O–H groups in total. The Morgan fingerprint density at radius 3 is 2.05 bits per heavy atom. The van der Waals surface area contributed by atoms with Crippen molar-refractivity contribution in [2.24, 2.45) is 0 Å². The second-order valence-corrected chi connectivity index (χ2v) is 9.33. The van der Waals surface area contributed by atoms with E-state index in [2.05, 4.69) is 17.4 Å². The summed E-state index contributed by atoms with van der Waals surface area (Å²) in [4.78, 5) is 24.6. The molecule has 198 valence electrons. The number of hydrogen-bond donors (Lipinski definition) is 2. The van der Waals surface area contributed by atoms with Gasteiger partial charge in [0.05, 0.1) is 14.2 Å². The fourth-order valence-corrected chi connectivity index (χ4v) is 5.08. The predicted molar refractivity (Wildman–Crippen MR) is 148 cm³/mol. The zero-order valence-electron chi connectivity index (χ0n) is 21.7.